The number of imidazole rings is 1. The van der Waals surface area contributed by atoms with Gasteiger partial charge in [-0.2, -0.15) is 18.3 Å². The second-order valence-electron chi connectivity index (χ2n) is 9.01. The normalized spacial score (nSPS) is 15.1. The molecule has 1 N–H and O–H groups in total. The average Bonchev–Trinajstić information content (AvgIpc) is 3.50. The van der Waals surface area contributed by atoms with E-state index < -0.39 is 24.8 Å². The lowest BCUT2D eigenvalue weighted by Crippen LogP contribution is -2.29. The van der Waals surface area contributed by atoms with Crippen LogP contribution in [0.4, 0.5) is 13.2 Å². The smallest absolute Gasteiger partial charge is 0.317 e. The molecule has 182 valence electrons. The monoisotopic (exact) mass is 481 g/mol. The van der Waals surface area contributed by atoms with Gasteiger partial charge in [0.15, 0.2) is 0 Å². The van der Waals surface area contributed by atoms with E-state index in [4.69, 9.17) is 0 Å². The fourth-order valence-electron chi connectivity index (χ4n) is 4.57. The molecular formula is C26H26F3N5O. The zero-order chi connectivity index (χ0) is 24.4. The number of ketones is 1. The summed E-state index contributed by atoms with van der Waals surface area (Å²) < 4.78 is 41.2. The number of carbonyl (C=O) groups is 1. The van der Waals surface area contributed by atoms with Crippen molar-refractivity contribution in [2.45, 2.75) is 44.3 Å². The SMILES string of the molecule is O=C(CCC(F)(F)F)Cc1cccc(-c2cnc3cc(-c4cnn(C5CCNCC5)c4)ccn23)c1. The van der Waals surface area contributed by atoms with Crippen LogP contribution >= 0.6 is 0 Å². The minimum Gasteiger partial charge on any atom is -0.317 e. The zero-order valence-corrected chi connectivity index (χ0v) is 19.1. The van der Waals surface area contributed by atoms with Gasteiger partial charge in [0, 0.05) is 36.4 Å². The molecule has 35 heavy (non-hydrogen) atoms. The van der Waals surface area contributed by atoms with Gasteiger partial charge in [-0.15, -0.1) is 0 Å². The van der Waals surface area contributed by atoms with Crippen molar-refractivity contribution in [3.05, 3.63) is 66.7 Å². The van der Waals surface area contributed by atoms with Gasteiger partial charge < -0.3 is 5.32 Å². The molecule has 1 saturated heterocycles. The molecule has 0 radical (unpaired) electrons. The number of carbonyl (C=O) groups excluding carboxylic acids is 1. The van der Waals surface area contributed by atoms with E-state index in [1.807, 2.05) is 47.1 Å². The molecule has 1 aliphatic rings. The van der Waals surface area contributed by atoms with E-state index in [2.05, 4.69) is 26.3 Å². The van der Waals surface area contributed by atoms with Gasteiger partial charge in [-0.1, -0.05) is 18.2 Å². The summed E-state index contributed by atoms with van der Waals surface area (Å²) in [6, 6.07) is 11.8. The molecule has 0 amide bonds. The van der Waals surface area contributed by atoms with Crippen LogP contribution < -0.4 is 5.32 Å². The molecule has 9 heteroatoms. The van der Waals surface area contributed by atoms with Gasteiger partial charge in [0.1, 0.15) is 11.4 Å². The van der Waals surface area contributed by atoms with Gasteiger partial charge in [0.05, 0.1) is 30.6 Å². The second-order valence-corrected chi connectivity index (χ2v) is 9.01. The summed E-state index contributed by atoms with van der Waals surface area (Å²) in [6.07, 6.45) is 3.90. The number of benzene rings is 1. The second kappa shape index (κ2) is 9.65. The van der Waals surface area contributed by atoms with Gasteiger partial charge >= 0.3 is 6.18 Å². The maximum absolute atomic E-state index is 12.4. The largest absolute Gasteiger partial charge is 0.389 e. The fraction of sp³-hybridized carbons (Fsp3) is 0.346. The Kier molecular flexibility index (Phi) is 6.42. The van der Waals surface area contributed by atoms with Gasteiger partial charge in [-0.3, -0.25) is 13.9 Å². The Hall–Kier alpha value is -3.46. The lowest BCUT2D eigenvalue weighted by Gasteiger charge is -2.22. The van der Waals surface area contributed by atoms with Crippen molar-refractivity contribution in [2.75, 3.05) is 13.1 Å². The third-order valence-electron chi connectivity index (χ3n) is 6.44. The Morgan fingerprint density at radius 3 is 2.69 bits per heavy atom. The van der Waals surface area contributed by atoms with Crippen LogP contribution in [0.3, 0.4) is 0 Å². The summed E-state index contributed by atoms with van der Waals surface area (Å²) in [5.74, 6) is -0.424. The van der Waals surface area contributed by atoms with E-state index >= 15 is 0 Å². The molecular weight excluding hydrogens is 455 g/mol. The number of piperidine rings is 1. The van der Waals surface area contributed by atoms with Crippen LogP contribution in [-0.4, -0.2) is 44.2 Å². The molecule has 4 heterocycles. The number of nitrogens with zero attached hydrogens (tertiary/aromatic N) is 4. The van der Waals surface area contributed by atoms with Crippen molar-refractivity contribution >= 4 is 11.4 Å². The molecule has 0 aliphatic carbocycles. The zero-order valence-electron chi connectivity index (χ0n) is 19.1. The Morgan fingerprint density at radius 2 is 1.89 bits per heavy atom. The number of pyridine rings is 1. The van der Waals surface area contributed by atoms with Gasteiger partial charge in [-0.05, 0) is 55.3 Å². The van der Waals surface area contributed by atoms with Crippen LogP contribution in [0.2, 0.25) is 0 Å². The Morgan fingerprint density at radius 1 is 1.06 bits per heavy atom. The van der Waals surface area contributed by atoms with E-state index in [1.165, 1.54) is 0 Å². The molecule has 1 aromatic carbocycles. The number of halogens is 3. The molecule has 1 aliphatic heterocycles. The predicted octanol–water partition coefficient (Wildman–Crippen LogP) is 5.24. The third kappa shape index (κ3) is 5.45. The minimum atomic E-state index is -4.32. The van der Waals surface area contributed by atoms with Crippen LogP contribution in [0.1, 0.15) is 37.3 Å². The number of fused-ring (bicyclic) bond motifs is 1. The predicted molar refractivity (Wildman–Crippen MR) is 127 cm³/mol. The Bertz CT molecular complexity index is 1330. The highest BCUT2D eigenvalue weighted by molar-refractivity contribution is 5.81. The molecule has 3 aromatic heterocycles. The van der Waals surface area contributed by atoms with Crippen LogP contribution in [0, 0.1) is 0 Å². The number of hydrogen-bond donors (Lipinski definition) is 1. The summed E-state index contributed by atoms with van der Waals surface area (Å²) in [4.78, 5) is 16.6. The van der Waals surface area contributed by atoms with E-state index in [1.54, 1.807) is 12.3 Å². The lowest BCUT2D eigenvalue weighted by molar-refractivity contribution is -0.143. The summed E-state index contributed by atoms with van der Waals surface area (Å²) in [7, 11) is 0. The first-order valence-electron chi connectivity index (χ1n) is 11.8. The van der Waals surface area contributed by atoms with Crippen molar-refractivity contribution in [3.63, 3.8) is 0 Å². The first-order chi connectivity index (χ1) is 16.9. The lowest BCUT2D eigenvalue weighted by atomic mass is 10.0. The highest BCUT2D eigenvalue weighted by atomic mass is 19.4. The number of rotatable bonds is 7. The molecule has 0 saturated carbocycles. The number of Topliss-reactive ketones (excluding diaryl/α,β-unsaturated/α-hetero) is 1. The summed E-state index contributed by atoms with van der Waals surface area (Å²) in [5, 5.41) is 7.95. The van der Waals surface area contributed by atoms with Gasteiger partial charge in [-0.25, -0.2) is 4.98 Å². The minimum absolute atomic E-state index is 0.0220. The average molecular weight is 482 g/mol. The van der Waals surface area contributed by atoms with Crippen LogP contribution in [0.5, 0.6) is 0 Å². The standard InChI is InChI=1S/C26H26F3N5O/c27-26(28,29)8-4-23(35)13-18-2-1-3-20(12-18)24-16-31-25-14-19(7-11-33(24)25)21-15-32-34(17-21)22-5-9-30-10-6-22/h1-3,7,11-12,14-17,22,30H,4-6,8-10,13H2. The quantitative estimate of drug-likeness (QED) is 0.392. The van der Waals surface area contributed by atoms with E-state index in [9.17, 15) is 18.0 Å². The number of nitrogens with one attached hydrogen (secondary N) is 1. The van der Waals surface area contributed by atoms with Crippen molar-refractivity contribution in [1.29, 1.82) is 0 Å². The molecule has 0 bridgehead atoms. The van der Waals surface area contributed by atoms with E-state index in [-0.39, 0.29) is 6.42 Å². The molecule has 5 rings (SSSR count). The first kappa shape index (κ1) is 23.3. The fourth-order valence-corrected chi connectivity index (χ4v) is 4.57. The van der Waals surface area contributed by atoms with Crippen LogP contribution in [0.15, 0.2) is 61.2 Å². The van der Waals surface area contributed by atoms with Gasteiger partial charge in [0.2, 0.25) is 0 Å². The van der Waals surface area contributed by atoms with Crippen molar-refractivity contribution in [2.24, 2.45) is 0 Å². The Balaban J connectivity index is 1.34. The Labute approximate surface area is 200 Å². The number of alkyl halides is 3. The molecule has 0 unspecified atom stereocenters. The molecule has 0 spiro atoms. The van der Waals surface area contributed by atoms with Crippen molar-refractivity contribution in [3.8, 4) is 22.4 Å². The molecule has 0 atom stereocenters. The topological polar surface area (TPSA) is 64.2 Å². The maximum atomic E-state index is 12.4. The van der Waals surface area contributed by atoms with E-state index in [0.29, 0.717) is 11.6 Å². The summed E-state index contributed by atoms with van der Waals surface area (Å²) in [5.41, 5.74) is 5.23. The molecule has 6 nitrogen and oxygen atoms in total. The van der Waals surface area contributed by atoms with Crippen LogP contribution in [0.25, 0.3) is 28.0 Å². The maximum Gasteiger partial charge on any atom is 0.389 e. The molecule has 4 aromatic rings. The summed E-state index contributed by atoms with van der Waals surface area (Å²) in [6.45, 7) is 2.01. The molecule has 1 fully saturated rings. The highest BCUT2D eigenvalue weighted by Crippen LogP contribution is 2.28. The third-order valence-corrected chi connectivity index (χ3v) is 6.44. The highest BCUT2D eigenvalue weighted by Gasteiger charge is 2.27. The van der Waals surface area contributed by atoms with E-state index in [0.717, 1.165) is 54.0 Å². The summed E-state index contributed by atoms with van der Waals surface area (Å²) >= 11 is 0. The van der Waals surface area contributed by atoms with Crippen LogP contribution in [-0.2, 0) is 11.2 Å². The van der Waals surface area contributed by atoms with Gasteiger partial charge in [0.25, 0.3) is 0 Å². The van der Waals surface area contributed by atoms with Crippen molar-refractivity contribution in [1.82, 2.24) is 24.5 Å². The number of hydrogen-bond acceptors (Lipinski definition) is 4. The van der Waals surface area contributed by atoms with Crippen molar-refractivity contribution < 1.29 is 18.0 Å². The number of aromatic nitrogens is 4. The first-order valence-corrected chi connectivity index (χ1v) is 11.8.